The lowest BCUT2D eigenvalue weighted by molar-refractivity contribution is -0.134. The van der Waals surface area contributed by atoms with E-state index in [0.717, 1.165) is 43.4 Å². The Morgan fingerprint density at radius 3 is 2.39 bits per heavy atom. The molecule has 31 heavy (non-hydrogen) atoms. The van der Waals surface area contributed by atoms with Gasteiger partial charge in [0, 0.05) is 57.7 Å². The van der Waals surface area contributed by atoms with Crippen molar-refractivity contribution in [1.29, 1.82) is 0 Å². The lowest BCUT2D eigenvalue weighted by Crippen LogP contribution is -2.50. The molecule has 0 radical (unpaired) electrons. The topological polar surface area (TPSA) is 59.2 Å². The molecule has 3 heterocycles. The Balaban J connectivity index is 1.42. The molecular weight excluding hydrogens is 388 g/mol. The number of imidazole rings is 1. The SMILES string of the molecule is Cc1cc(C)n([C@H](C)CC(=O)N2CCN([C@H](c3ccccc3)c3nccn3C)CC2)n1. The summed E-state index contributed by atoms with van der Waals surface area (Å²) in [4.78, 5) is 22.1. The molecule has 1 saturated heterocycles. The summed E-state index contributed by atoms with van der Waals surface area (Å²) in [7, 11) is 2.04. The molecule has 1 aromatic carbocycles. The number of nitrogens with zero attached hydrogens (tertiary/aromatic N) is 6. The van der Waals surface area contributed by atoms with Crippen LogP contribution in [0.4, 0.5) is 0 Å². The highest BCUT2D eigenvalue weighted by Crippen LogP contribution is 2.28. The molecule has 0 saturated carbocycles. The van der Waals surface area contributed by atoms with E-state index in [2.05, 4.69) is 56.8 Å². The number of hydrogen-bond donors (Lipinski definition) is 0. The molecule has 2 aromatic heterocycles. The van der Waals surface area contributed by atoms with Gasteiger partial charge in [0.1, 0.15) is 5.82 Å². The van der Waals surface area contributed by atoms with Gasteiger partial charge in [-0.25, -0.2) is 4.98 Å². The van der Waals surface area contributed by atoms with E-state index in [1.807, 2.05) is 48.9 Å². The molecular formula is C24H32N6O. The fraction of sp³-hybridized carbons (Fsp3) is 0.458. The second-order valence-electron chi connectivity index (χ2n) is 8.55. The van der Waals surface area contributed by atoms with Gasteiger partial charge in [0.25, 0.3) is 0 Å². The molecule has 2 atom stereocenters. The third kappa shape index (κ3) is 4.56. The third-order valence-corrected chi connectivity index (χ3v) is 6.18. The molecule has 1 aliphatic rings. The minimum Gasteiger partial charge on any atom is -0.340 e. The van der Waals surface area contributed by atoms with E-state index in [1.165, 1.54) is 5.56 Å². The summed E-state index contributed by atoms with van der Waals surface area (Å²) in [6.45, 7) is 9.22. The standard InChI is InChI=1S/C24H32N6O/c1-18-16-19(2)30(26-18)20(3)17-22(31)28-12-14-29(15-13-28)23(21-8-6-5-7-9-21)24-25-10-11-27(24)4/h5-11,16,20,23H,12-15,17H2,1-4H3/t20-,23-/m1/s1. The van der Waals surface area contributed by atoms with Gasteiger partial charge < -0.3 is 9.47 Å². The number of carbonyl (C=O) groups is 1. The Bertz CT molecular complexity index is 1020. The fourth-order valence-corrected chi connectivity index (χ4v) is 4.59. The number of hydrogen-bond acceptors (Lipinski definition) is 4. The van der Waals surface area contributed by atoms with Gasteiger partial charge in [0.2, 0.25) is 5.91 Å². The van der Waals surface area contributed by atoms with Crippen LogP contribution in [0.25, 0.3) is 0 Å². The first-order valence-electron chi connectivity index (χ1n) is 11.0. The summed E-state index contributed by atoms with van der Waals surface area (Å²) in [5, 5.41) is 4.54. The Morgan fingerprint density at radius 2 is 1.81 bits per heavy atom. The molecule has 1 fully saturated rings. The van der Waals surface area contributed by atoms with Gasteiger partial charge in [-0.2, -0.15) is 5.10 Å². The van der Waals surface area contributed by atoms with Gasteiger partial charge in [-0.15, -0.1) is 0 Å². The van der Waals surface area contributed by atoms with Crippen LogP contribution < -0.4 is 0 Å². The maximum Gasteiger partial charge on any atom is 0.224 e. The van der Waals surface area contributed by atoms with Gasteiger partial charge in [-0.05, 0) is 32.4 Å². The second-order valence-corrected chi connectivity index (χ2v) is 8.55. The highest BCUT2D eigenvalue weighted by atomic mass is 16.2. The van der Waals surface area contributed by atoms with Crippen molar-refractivity contribution in [1.82, 2.24) is 29.1 Å². The molecule has 164 valence electrons. The number of aryl methyl sites for hydroxylation is 3. The number of piperazine rings is 1. The molecule has 0 unspecified atom stereocenters. The van der Waals surface area contributed by atoms with Gasteiger partial charge in [0.15, 0.2) is 0 Å². The average Bonchev–Trinajstić information content (AvgIpc) is 3.34. The van der Waals surface area contributed by atoms with E-state index >= 15 is 0 Å². The molecule has 7 heteroatoms. The molecule has 3 aromatic rings. The first-order valence-corrected chi connectivity index (χ1v) is 11.0. The minimum absolute atomic E-state index is 0.0591. The van der Waals surface area contributed by atoms with Crippen molar-refractivity contribution >= 4 is 5.91 Å². The van der Waals surface area contributed by atoms with Crippen LogP contribution >= 0.6 is 0 Å². The Labute approximate surface area is 184 Å². The lowest BCUT2D eigenvalue weighted by Gasteiger charge is -2.39. The van der Waals surface area contributed by atoms with Crippen molar-refractivity contribution in [3.8, 4) is 0 Å². The smallest absolute Gasteiger partial charge is 0.224 e. The number of rotatable bonds is 6. The quantitative estimate of drug-likeness (QED) is 0.615. The van der Waals surface area contributed by atoms with Crippen LogP contribution in [0.15, 0.2) is 48.8 Å². The molecule has 1 amide bonds. The van der Waals surface area contributed by atoms with Gasteiger partial charge in [-0.3, -0.25) is 14.4 Å². The summed E-state index contributed by atoms with van der Waals surface area (Å²) in [5.74, 6) is 1.23. The summed E-state index contributed by atoms with van der Waals surface area (Å²) < 4.78 is 4.06. The fourth-order valence-electron chi connectivity index (χ4n) is 4.59. The Morgan fingerprint density at radius 1 is 1.10 bits per heavy atom. The summed E-state index contributed by atoms with van der Waals surface area (Å²) in [6, 6.07) is 12.7. The van der Waals surface area contributed by atoms with Crippen molar-refractivity contribution in [2.24, 2.45) is 7.05 Å². The van der Waals surface area contributed by atoms with Crippen LogP contribution in [0.2, 0.25) is 0 Å². The Hall–Kier alpha value is -2.93. The molecule has 1 aliphatic heterocycles. The van der Waals surface area contributed by atoms with Crippen LogP contribution in [0, 0.1) is 13.8 Å². The monoisotopic (exact) mass is 420 g/mol. The normalized spacial score (nSPS) is 17.0. The van der Waals surface area contributed by atoms with Gasteiger partial charge in [-0.1, -0.05) is 30.3 Å². The second kappa shape index (κ2) is 9.06. The average molecular weight is 421 g/mol. The first-order chi connectivity index (χ1) is 14.9. The highest BCUT2D eigenvalue weighted by molar-refractivity contribution is 5.76. The predicted octanol–water partition coefficient (Wildman–Crippen LogP) is 3.12. The molecule has 7 nitrogen and oxygen atoms in total. The Kier molecular flexibility index (Phi) is 6.23. The maximum atomic E-state index is 13.0. The first kappa shape index (κ1) is 21.3. The summed E-state index contributed by atoms with van der Waals surface area (Å²) in [6.07, 6.45) is 4.32. The highest BCUT2D eigenvalue weighted by Gasteiger charge is 2.30. The molecule has 0 N–H and O–H groups in total. The van der Waals surface area contributed by atoms with Gasteiger partial charge in [0.05, 0.1) is 17.8 Å². The van der Waals surface area contributed by atoms with E-state index in [1.54, 1.807) is 0 Å². The molecule has 0 bridgehead atoms. The van der Waals surface area contributed by atoms with Crippen molar-refractivity contribution < 1.29 is 4.79 Å². The van der Waals surface area contributed by atoms with Crippen LogP contribution in [-0.2, 0) is 11.8 Å². The zero-order valence-electron chi connectivity index (χ0n) is 18.9. The zero-order chi connectivity index (χ0) is 22.0. The van der Waals surface area contributed by atoms with Crippen molar-refractivity contribution in [2.45, 2.75) is 39.3 Å². The van der Waals surface area contributed by atoms with E-state index in [9.17, 15) is 4.79 Å². The maximum absolute atomic E-state index is 13.0. The number of carbonyl (C=O) groups excluding carboxylic acids is 1. The van der Waals surface area contributed by atoms with Crippen molar-refractivity contribution in [3.63, 3.8) is 0 Å². The van der Waals surface area contributed by atoms with E-state index in [4.69, 9.17) is 0 Å². The number of aromatic nitrogens is 4. The third-order valence-electron chi connectivity index (χ3n) is 6.18. The molecule has 0 aliphatic carbocycles. The van der Waals surface area contributed by atoms with Crippen LogP contribution in [0.1, 0.15) is 48.2 Å². The summed E-state index contributed by atoms with van der Waals surface area (Å²) >= 11 is 0. The van der Waals surface area contributed by atoms with E-state index in [0.29, 0.717) is 6.42 Å². The molecule has 0 spiro atoms. The van der Waals surface area contributed by atoms with Crippen LogP contribution in [0.3, 0.4) is 0 Å². The lowest BCUT2D eigenvalue weighted by atomic mass is 10.0. The van der Waals surface area contributed by atoms with E-state index in [-0.39, 0.29) is 18.0 Å². The molecule has 4 rings (SSSR count). The predicted molar refractivity (Wildman–Crippen MR) is 121 cm³/mol. The number of benzene rings is 1. The van der Waals surface area contributed by atoms with Crippen molar-refractivity contribution in [3.05, 3.63) is 71.6 Å². The number of amides is 1. The van der Waals surface area contributed by atoms with Gasteiger partial charge >= 0.3 is 0 Å². The minimum atomic E-state index is 0.0591. The summed E-state index contributed by atoms with van der Waals surface area (Å²) in [5.41, 5.74) is 3.32. The van der Waals surface area contributed by atoms with Crippen molar-refractivity contribution in [2.75, 3.05) is 26.2 Å². The largest absolute Gasteiger partial charge is 0.340 e. The van der Waals surface area contributed by atoms with Crippen LogP contribution in [0.5, 0.6) is 0 Å². The zero-order valence-corrected chi connectivity index (χ0v) is 18.9. The van der Waals surface area contributed by atoms with Crippen LogP contribution in [-0.4, -0.2) is 61.2 Å². The van der Waals surface area contributed by atoms with E-state index < -0.39 is 0 Å².